The summed E-state index contributed by atoms with van der Waals surface area (Å²) < 4.78 is 14.1. The van der Waals surface area contributed by atoms with Crippen LogP contribution < -0.4 is 5.32 Å². The van der Waals surface area contributed by atoms with E-state index < -0.39 is 0 Å². The van der Waals surface area contributed by atoms with Crippen molar-refractivity contribution in [3.05, 3.63) is 64.4 Å². The summed E-state index contributed by atoms with van der Waals surface area (Å²) in [7, 11) is 2.08. The molecule has 20 heavy (non-hydrogen) atoms. The van der Waals surface area contributed by atoms with Gasteiger partial charge >= 0.3 is 0 Å². The molecule has 0 radical (unpaired) electrons. The minimum absolute atomic E-state index is 0.211. The molecule has 0 saturated heterocycles. The molecular weight excluding hydrogens is 319 g/mol. The van der Waals surface area contributed by atoms with Gasteiger partial charge in [-0.2, -0.15) is 0 Å². The summed E-state index contributed by atoms with van der Waals surface area (Å²) in [6.45, 7) is 2.57. The van der Waals surface area contributed by atoms with Crippen LogP contribution in [0.2, 0.25) is 0 Å². The van der Waals surface area contributed by atoms with Crippen molar-refractivity contribution < 1.29 is 4.39 Å². The van der Waals surface area contributed by atoms with Crippen LogP contribution >= 0.6 is 15.9 Å². The van der Waals surface area contributed by atoms with E-state index in [0.717, 1.165) is 29.8 Å². The lowest BCUT2D eigenvalue weighted by Crippen LogP contribution is -2.24. The third-order valence-corrected chi connectivity index (χ3v) is 3.48. The van der Waals surface area contributed by atoms with Crippen molar-refractivity contribution in [1.29, 1.82) is 0 Å². The number of likely N-dealkylation sites (N-methyl/N-ethyl adjacent to an activating group) is 1. The average Bonchev–Trinajstić information content (AvgIpc) is 2.38. The lowest BCUT2D eigenvalue weighted by molar-refractivity contribution is 0.340. The van der Waals surface area contributed by atoms with Gasteiger partial charge in [0.25, 0.3) is 0 Å². The minimum atomic E-state index is -0.211. The molecule has 0 bridgehead atoms. The number of benzene rings is 2. The first-order valence-corrected chi connectivity index (χ1v) is 7.35. The second kappa shape index (κ2) is 7.41. The van der Waals surface area contributed by atoms with Crippen LogP contribution in [-0.2, 0) is 6.54 Å². The standard InChI is InChI=1S/C16H18BrFN2/c1-20(12-13-4-2-5-14(17)10-13)9-8-19-16-7-3-6-15(18)11-16/h2-7,10-11,19H,8-9,12H2,1H3. The van der Waals surface area contributed by atoms with E-state index in [-0.39, 0.29) is 5.82 Å². The maximum Gasteiger partial charge on any atom is 0.125 e. The third kappa shape index (κ3) is 4.94. The quantitative estimate of drug-likeness (QED) is 0.853. The zero-order valence-electron chi connectivity index (χ0n) is 11.4. The maximum absolute atomic E-state index is 13.0. The molecule has 2 nitrogen and oxygen atoms in total. The van der Waals surface area contributed by atoms with Crippen LogP contribution in [0.5, 0.6) is 0 Å². The molecule has 106 valence electrons. The van der Waals surface area contributed by atoms with Crippen molar-refractivity contribution in [2.45, 2.75) is 6.54 Å². The molecule has 2 aromatic rings. The summed E-state index contributed by atoms with van der Waals surface area (Å²) in [6.07, 6.45) is 0. The smallest absolute Gasteiger partial charge is 0.125 e. The fourth-order valence-electron chi connectivity index (χ4n) is 2.02. The first kappa shape index (κ1) is 15.0. The fourth-order valence-corrected chi connectivity index (χ4v) is 2.46. The van der Waals surface area contributed by atoms with Crippen molar-refractivity contribution in [3.8, 4) is 0 Å². The number of rotatable bonds is 6. The van der Waals surface area contributed by atoms with Crippen molar-refractivity contribution in [2.75, 3.05) is 25.5 Å². The van der Waals surface area contributed by atoms with Gasteiger partial charge in [0.2, 0.25) is 0 Å². The number of halogens is 2. The molecule has 0 heterocycles. The Bertz CT molecular complexity index is 560. The molecule has 0 amide bonds. The average molecular weight is 337 g/mol. The van der Waals surface area contributed by atoms with E-state index in [9.17, 15) is 4.39 Å². The second-order valence-electron chi connectivity index (χ2n) is 4.80. The van der Waals surface area contributed by atoms with Gasteiger partial charge in [0.1, 0.15) is 5.82 Å². The van der Waals surface area contributed by atoms with Crippen molar-refractivity contribution in [2.24, 2.45) is 0 Å². The molecule has 0 atom stereocenters. The van der Waals surface area contributed by atoms with Gasteiger partial charge in [-0.3, -0.25) is 0 Å². The van der Waals surface area contributed by atoms with Crippen molar-refractivity contribution in [1.82, 2.24) is 4.90 Å². The predicted octanol–water partition coefficient (Wildman–Crippen LogP) is 4.13. The molecular formula is C16H18BrFN2. The fraction of sp³-hybridized carbons (Fsp3) is 0.250. The summed E-state index contributed by atoms with van der Waals surface area (Å²) in [5, 5.41) is 3.22. The normalized spacial score (nSPS) is 10.8. The maximum atomic E-state index is 13.0. The highest BCUT2D eigenvalue weighted by atomic mass is 79.9. The number of nitrogens with one attached hydrogen (secondary N) is 1. The van der Waals surface area contributed by atoms with Gasteiger partial charge in [0.15, 0.2) is 0 Å². The van der Waals surface area contributed by atoms with Crippen LogP contribution in [0.3, 0.4) is 0 Å². The summed E-state index contributed by atoms with van der Waals surface area (Å²) in [5.74, 6) is -0.211. The monoisotopic (exact) mass is 336 g/mol. The molecule has 1 N–H and O–H groups in total. The summed E-state index contributed by atoms with van der Waals surface area (Å²) in [4.78, 5) is 2.23. The van der Waals surface area contributed by atoms with E-state index in [1.807, 2.05) is 18.2 Å². The van der Waals surface area contributed by atoms with E-state index in [4.69, 9.17) is 0 Å². The third-order valence-electron chi connectivity index (χ3n) is 2.99. The Morgan fingerprint density at radius 2 is 1.95 bits per heavy atom. The van der Waals surface area contributed by atoms with E-state index in [1.165, 1.54) is 17.7 Å². The van der Waals surface area contributed by atoms with Gasteiger partial charge in [-0.25, -0.2) is 4.39 Å². The van der Waals surface area contributed by atoms with Gasteiger partial charge in [0, 0.05) is 29.8 Å². The Morgan fingerprint density at radius 3 is 2.70 bits per heavy atom. The Balaban J connectivity index is 1.76. The van der Waals surface area contributed by atoms with Gasteiger partial charge in [-0.15, -0.1) is 0 Å². The second-order valence-corrected chi connectivity index (χ2v) is 5.72. The summed E-state index contributed by atoms with van der Waals surface area (Å²) in [5.41, 5.74) is 2.09. The highest BCUT2D eigenvalue weighted by Gasteiger charge is 2.01. The molecule has 0 fully saturated rings. The summed E-state index contributed by atoms with van der Waals surface area (Å²) in [6, 6.07) is 14.8. The SMILES string of the molecule is CN(CCNc1cccc(F)c1)Cc1cccc(Br)c1. The first-order valence-electron chi connectivity index (χ1n) is 6.56. The van der Waals surface area contributed by atoms with Crippen LogP contribution in [0.25, 0.3) is 0 Å². The topological polar surface area (TPSA) is 15.3 Å². The van der Waals surface area contributed by atoms with Gasteiger partial charge in [-0.05, 0) is 42.9 Å². The van der Waals surface area contributed by atoms with Gasteiger partial charge < -0.3 is 10.2 Å². The Hall–Kier alpha value is -1.39. The molecule has 2 rings (SSSR count). The van der Waals surface area contributed by atoms with Crippen molar-refractivity contribution >= 4 is 21.6 Å². The molecule has 0 spiro atoms. The minimum Gasteiger partial charge on any atom is -0.384 e. The Labute approximate surface area is 127 Å². The Kier molecular flexibility index (Phi) is 5.56. The van der Waals surface area contributed by atoms with E-state index in [2.05, 4.69) is 45.3 Å². The van der Waals surface area contributed by atoms with Gasteiger partial charge in [-0.1, -0.05) is 34.1 Å². The Morgan fingerprint density at radius 1 is 1.15 bits per heavy atom. The van der Waals surface area contributed by atoms with Gasteiger partial charge in [0.05, 0.1) is 0 Å². The lowest BCUT2D eigenvalue weighted by Gasteiger charge is -2.17. The molecule has 0 aliphatic carbocycles. The van der Waals surface area contributed by atoms with E-state index in [0.29, 0.717) is 0 Å². The number of hydrogen-bond acceptors (Lipinski definition) is 2. The zero-order chi connectivity index (χ0) is 14.4. The molecule has 2 aromatic carbocycles. The molecule has 0 saturated carbocycles. The van der Waals surface area contributed by atoms with Crippen LogP contribution in [-0.4, -0.2) is 25.0 Å². The molecule has 0 unspecified atom stereocenters. The molecule has 0 aromatic heterocycles. The number of anilines is 1. The summed E-state index contributed by atoms with van der Waals surface area (Å²) >= 11 is 3.48. The molecule has 4 heteroatoms. The first-order chi connectivity index (χ1) is 9.63. The largest absolute Gasteiger partial charge is 0.384 e. The van der Waals surface area contributed by atoms with Crippen LogP contribution in [0, 0.1) is 5.82 Å². The highest BCUT2D eigenvalue weighted by molar-refractivity contribution is 9.10. The molecule has 0 aliphatic heterocycles. The van der Waals surface area contributed by atoms with E-state index >= 15 is 0 Å². The lowest BCUT2D eigenvalue weighted by atomic mass is 10.2. The molecule has 0 aliphatic rings. The van der Waals surface area contributed by atoms with Crippen molar-refractivity contribution in [3.63, 3.8) is 0 Å². The highest BCUT2D eigenvalue weighted by Crippen LogP contribution is 2.13. The predicted molar refractivity (Wildman–Crippen MR) is 85.4 cm³/mol. The van der Waals surface area contributed by atoms with Crippen LogP contribution in [0.1, 0.15) is 5.56 Å². The van der Waals surface area contributed by atoms with Crippen LogP contribution in [0.4, 0.5) is 10.1 Å². The van der Waals surface area contributed by atoms with E-state index in [1.54, 1.807) is 6.07 Å². The zero-order valence-corrected chi connectivity index (χ0v) is 13.0. The number of hydrogen-bond donors (Lipinski definition) is 1. The van der Waals surface area contributed by atoms with Crippen LogP contribution in [0.15, 0.2) is 53.0 Å². The number of nitrogens with zero attached hydrogens (tertiary/aromatic N) is 1.